The van der Waals surface area contributed by atoms with E-state index < -0.39 is 0 Å². The van der Waals surface area contributed by atoms with Crippen molar-refractivity contribution < 1.29 is 19.0 Å². The second-order valence-corrected chi connectivity index (χ2v) is 3.72. The Morgan fingerprint density at radius 3 is 2.78 bits per heavy atom. The Morgan fingerprint density at radius 1 is 1.22 bits per heavy atom. The molecular weight excluding hydrogens is 234 g/mol. The summed E-state index contributed by atoms with van der Waals surface area (Å²) in [5, 5.41) is 0. The molecule has 5 nitrogen and oxygen atoms in total. The van der Waals surface area contributed by atoms with E-state index in [4.69, 9.17) is 19.9 Å². The minimum absolute atomic E-state index is 0.334. The van der Waals surface area contributed by atoms with Gasteiger partial charge in [0.25, 0.3) is 0 Å². The number of hydrogen-bond acceptors (Lipinski definition) is 5. The van der Waals surface area contributed by atoms with E-state index >= 15 is 0 Å². The number of ether oxygens (including phenoxy) is 3. The van der Waals surface area contributed by atoms with Crippen LogP contribution in [0, 0.1) is 0 Å². The van der Waals surface area contributed by atoms with Gasteiger partial charge in [0.15, 0.2) is 0 Å². The highest BCUT2D eigenvalue weighted by molar-refractivity contribution is 5.90. The number of esters is 1. The van der Waals surface area contributed by atoms with Crippen molar-refractivity contribution in [2.45, 2.75) is 6.42 Å². The fourth-order valence-electron chi connectivity index (χ4n) is 1.32. The van der Waals surface area contributed by atoms with Crippen LogP contribution in [0.1, 0.15) is 16.8 Å². The summed E-state index contributed by atoms with van der Waals surface area (Å²) in [5.41, 5.74) is 6.60. The minimum atomic E-state index is -0.362. The minimum Gasteiger partial charge on any atom is -0.462 e. The van der Waals surface area contributed by atoms with Crippen LogP contribution in [0.5, 0.6) is 0 Å². The van der Waals surface area contributed by atoms with E-state index in [0.717, 1.165) is 0 Å². The van der Waals surface area contributed by atoms with Crippen LogP contribution >= 0.6 is 0 Å². The Balaban J connectivity index is 2.14. The van der Waals surface area contributed by atoms with Crippen LogP contribution in [0.25, 0.3) is 0 Å². The average molecular weight is 253 g/mol. The Morgan fingerprint density at radius 2 is 2.06 bits per heavy atom. The lowest BCUT2D eigenvalue weighted by atomic mass is 10.2. The number of anilines is 1. The van der Waals surface area contributed by atoms with Gasteiger partial charge >= 0.3 is 5.97 Å². The zero-order valence-corrected chi connectivity index (χ0v) is 10.6. The van der Waals surface area contributed by atoms with E-state index in [0.29, 0.717) is 44.1 Å². The van der Waals surface area contributed by atoms with Crippen molar-refractivity contribution >= 4 is 11.7 Å². The van der Waals surface area contributed by atoms with Crippen LogP contribution in [0.2, 0.25) is 0 Å². The van der Waals surface area contributed by atoms with Crippen molar-refractivity contribution in [1.82, 2.24) is 0 Å². The molecule has 1 rings (SSSR count). The summed E-state index contributed by atoms with van der Waals surface area (Å²) in [6.45, 7) is 2.01. The summed E-state index contributed by atoms with van der Waals surface area (Å²) < 4.78 is 15.2. The highest BCUT2D eigenvalue weighted by Gasteiger charge is 2.06. The van der Waals surface area contributed by atoms with Gasteiger partial charge in [-0.1, -0.05) is 6.07 Å². The molecule has 0 saturated heterocycles. The molecule has 0 aromatic heterocycles. The maximum Gasteiger partial charge on any atom is 0.338 e. The molecular formula is C13H19NO4. The molecule has 0 aliphatic rings. The molecule has 5 heteroatoms. The summed E-state index contributed by atoms with van der Waals surface area (Å²) in [4.78, 5) is 11.6. The van der Waals surface area contributed by atoms with Gasteiger partial charge in [0.2, 0.25) is 0 Å². The first-order chi connectivity index (χ1) is 8.74. The smallest absolute Gasteiger partial charge is 0.338 e. The quantitative estimate of drug-likeness (QED) is 0.431. The summed E-state index contributed by atoms with van der Waals surface area (Å²) in [6.07, 6.45) is 0.664. The lowest BCUT2D eigenvalue weighted by Gasteiger charge is -2.06. The van der Waals surface area contributed by atoms with Crippen LogP contribution in [0.15, 0.2) is 24.3 Å². The van der Waals surface area contributed by atoms with Gasteiger partial charge in [-0.15, -0.1) is 0 Å². The third-order valence-electron chi connectivity index (χ3n) is 2.22. The van der Waals surface area contributed by atoms with Gasteiger partial charge in [-0.2, -0.15) is 0 Å². The van der Waals surface area contributed by atoms with E-state index in [-0.39, 0.29) is 5.97 Å². The first kappa shape index (κ1) is 14.5. The number of nitrogens with two attached hydrogens (primary N) is 1. The molecule has 0 bridgehead atoms. The van der Waals surface area contributed by atoms with Gasteiger partial charge in [0.05, 0.1) is 25.4 Å². The van der Waals surface area contributed by atoms with Gasteiger partial charge < -0.3 is 19.9 Å². The van der Waals surface area contributed by atoms with Crippen LogP contribution < -0.4 is 5.73 Å². The highest BCUT2D eigenvalue weighted by Crippen LogP contribution is 2.07. The Bertz CT molecular complexity index is 368. The molecule has 18 heavy (non-hydrogen) atoms. The molecule has 0 aliphatic heterocycles. The van der Waals surface area contributed by atoms with Gasteiger partial charge in [-0.3, -0.25) is 0 Å². The van der Waals surface area contributed by atoms with E-state index in [1.807, 2.05) is 0 Å². The highest BCUT2D eigenvalue weighted by atomic mass is 16.5. The monoisotopic (exact) mass is 253 g/mol. The standard InChI is InChI=1S/C13H19NO4/c1-16-8-9-17-6-3-7-18-13(15)11-4-2-5-12(14)10-11/h2,4-5,10H,3,6-9,14H2,1H3. The molecule has 1 aromatic carbocycles. The maximum atomic E-state index is 11.6. The molecule has 2 N–H and O–H groups in total. The molecule has 1 aromatic rings. The molecule has 0 amide bonds. The van der Waals surface area contributed by atoms with Crippen LogP contribution in [0.3, 0.4) is 0 Å². The third kappa shape index (κ3) is 5.65. The van der Waals surface area contributed by atoms with Gasteiger partial charge in [-0.05, 0) is 18.2 Å². The molecule has 0 unspecified atom stereocenters. The fraction of sp³-hybridized carbons (Fsp3) is 0.462. The number of rotatable bonds is 8. The van der Waals surface area contributed by atoms with Gasteiger partial charge in [-0.25, -0.2) is 4.79 Å². The lowest BCUT2D eigenvalue weighted by Crippen LogP contribution is -2.10. The van der Waals surface area contributed by atoms with Crippen molar-refractivity contribution in [3.8, 4) is 0 Å². The predicted octanol–water partition coefficient (Wildman–Crippen LogP) is 1.48. The Kier molecular flexibility index (Phi) is 6.83. The molecule has 0 aliphatic carbocycles. The SMILES string of the molecule is COCCOCCCOC(=O)c1cccc(N)c1. The Hall–Kier alpha value is -1.59. The van der Waals surface area contributed by atoms with Crippen molar-refractivity contribution in [3.05, 3.63) is 29.8 Å². The second kappa shape index (κ2) is 8.49. The molecule has 0 radical (unpaired) electrons. The number of nitrogen functional groups attached to an aromatic ring is 1. The van der Waals surface area contributed by atoms with Crippen molar-refractivity contribution in [3.63, 3.8) is 0 Å². The number of methoxy groups -OCH3 is 1. The number of benzene rings is 1. The zero-order chi connectivity index (χ0) is 13.2. The number of carbonyl (C=O) groups is 1. The molecule has 0 saturated carbocycles. The molecule has 0 fully saturated rings. The topological polar surface area (TPSA) is 70.8 Å². The van der Waals surface area contributed by atoms with E-state index in [1.54, 1.807) is 31.4 Å². The molecule has 0 spiro atoms. The van der Waals surface area contributed by atoms with Crippen LogP contribution in [0.4, 0.5) is 5.69 Å². The van der Waals surface area contributed by atoms with Crippen molar-refractivity contribution in [2.24, 2.45) is 0 Å². The average Bonchev–Trinajstić information content (AvgIpc) is 2.37. The molecule has 0 atom stereocenters. The van der Waals surface area contributed by atoms with E-state index in [9.17, 15) is 4.79 Å². The number of hydrogen-bond donors (Lipinski definition) is 1. The summed E-state index contributed by atoms with van der Waals surface area (Å²) in [5.74, 6) is -0.362. The van der Waals surface area contributed by atoms with Gasteiger partial charge in [0.1, 0.15) is 0 Å². The molecule has 0 heterocycles. The van der Waals surface area contributed by atoms with Crippen LogP contribution in [-0.2, 0) is 14.2 Å². The van der Waals surface area contributed by atoms with Crippen molar-refractivity contribution in [2.75, 3.05) is 39.3 Å². The molecule has 100 valence electrons. The Labute approximate surface area is 107 Å². The number of carbonyl (C=O) groups excluding carboxylic acids is 1. The predicted molar refractivity (Wildman–Crippen MR) is 68.4 cm³/mol. The summed E-state index contributed by atoms with van der Waals surface area (Å²) in [7, 11) is 1.62. The van der Waals surface area contributed by atoms with Crippen LogP contribution in [-0.4, -0.2) is 39.5 Å². The van der Waals surface area contributed by atoms with E-state index in [1.165, 1.54) is 0 Å². The van der Waals surface area contributed by atoms with E-state index in [2.05, 4.69) is 0 Å². The maximum absolute atomic E-state index is 11.6. The first-order valence-electron chi connectivity index (χ1n) is 5.83. The summed E-state index contributed by atoms with van der Waals surface area (Å²) >= 11 is 0. The fourth-order valence-corrected chi connectivity index (χ4v) is 1.32. The third-order valence-corrected chi connectivity index (χ3v) is 2.22. The largest absolute Gasteiger partial charge is 0.462 e. The lowest BCUT2D eigenvalue weighted by molar-refractivity contribution is 0.0385. The van der Waals surface area contributed by atoms with Gasteiger partial charge in [0, 0.05) is 25.8 Å². The normalized spacial score (nSPS) is 10.3. The van der Waals surface area contributed by atoms with Crippen molar-refractivity contribution in [1.29, 1.82) is 0 Å². The first-order valence-corrected chi connectivity index (χ1v) is 5.83. The zero-order valence-electron chi connectivity index (χ0n) is 10.6. The second-order valence-electron chi connectivity index (χ2n) is 3.72. The summed E-state index contributed by atoms with van der Waals surface area (Å²) in [6, 6.07) is 6.71.